The second-order valence-corrected chi connectivity index (χ2v) is 6.57. The Morgan fingerprint density at radius 2 is 2.03 bits per heavy atom. The molecular formula is C21H22N6O2. The summed E-state index contributed by atoms with van der Waals surface area (Å²) in [5, 5.41) is 4.31. The summed E-state index contributed by atoms with van der Waals surface area (Å²) >= 11 is 0. The fraction of sp³-hybridized carbons (Fsp3) is 0.238. The minimum Gasteiger partial charge on any atom is -0.423 e. The van der Waals surface area contributed by atoms with E-state index in [1.54, 1.807) is 30.7 Å². The summed E-state index contributed by atoms with van der Waals surface area (Å²) in [6, 6.07) is 13.8. The Bertz CT molecular complexity index is 974. The molecule has 1 fully saturated rings. The highest BCUT2D eigenvalue weighted by atomic mass is 16.5. The topological polar surface area (TPSA) is 84.8 Å². The van der Waals surface area contributed by atoms with E-state index in [2.05, 4.69) is 36.4 Å². The monoisotopic (exact) mass is 390 g/mol. The fourth-order valence-corrected chi connectivity index (χ4v) is 2.91. The molecule has 3 heterocycles. The van der Waals surface area contributed by atoms with E-state index < -0.39 is 0 Å². The third-order valence-corrected chi connectivity index (χ3v) is 4.31. The van der Waals surface area contributed by atoms with Crippen molar-refractivity contribution in [3.05, 3.63) is 66.0 Å². The van der Waals surface area contributed by atoms with Gasteiger partial charge in [-0.1, -0.05) is 29.8 Å². The SMILES string of the molecule is Cc1cccc(C=NNc2cc(N3CCOCC3)nc(Oc3cccnc3)n2)c1. The highest BCUT2D eigenvalue weighted by Crippen LogP contribution is 2.23. The number of hydrogen-bond donors (Lipinski definition) is 1. The molecule has 0 unspecified atom stereocenters. The Balaban J connectivity index is 1.56. The van der Waals surface area contributed by atoms with E-state index in [-0.39, 0.29) is 6.01 Å². The lowest BCUT2D eigenvalue weighted by atomic mass is 10.2. The number of nitrogens with zero attached hydrogens (tertiary/aromatic N) is 5. The summed E-state index contributed by atoms with van der Waals surface area (Å²) in [5.41, 5.74) is 5.17. The molecule has 1 saturated heterocycles. The molecule has 1 aromatic carbocycles. The number of rotatable bonds is 6. The maximum absolute atomic E-state index is 5.80. The smallest absolute Gasteiger partial charge is 0.326 e. The Kier molecular flexibility index (Phi) is 5.92. The van der Waals surface area contributed by atoms with Gasteiger partial charge < -0.3 is 14.4 Å². The number of aryl methyl sites for hydroxylation is 1. The van der Waals surface area contributed by atoms with Gasteiger partial charge in [0.2, 0.25) is 0 Å². The lowest BCUT2D eigenvalue weighted by molar-refractivity contribution is 0.122. The second-order valence-electron chi connectivity index (χ2n) is 6.57. The fourth-order valence-electron chi connectivity index (χ4n) is 2.91. The predicted octanol–water partition coefficient (Wildman–Crippen LogP) is 3.25. The van der Waals surface area contributed by atoms with Crippen LogP contribution < -0.4 is 15.1 Å². The number of hydrogen-bond acceptors (Lipinski definition) is 8. The van der Waals surface area contributed by atoms with Gasteiger partial charge in [0.25, 0.3) is 0 Å². The van der Waals surface area contributed by atoms with Crippen molar-refractivity contribution in [2.75, 3.05) is 36.6 Å². The predicted molar refractivity (Wildman–Crippen MR) is 112 cm³/mol. The number of hydrazone groups is 1. The summed E-state index contributed by atoms with van der Waals surface area (Å²) < 4.78 is 11.2. The summed E-state index contributed by atoms with van der Waals surface area (Å²) in [7, 11) is 0. The zero-order chi connectivity index (χ0) is 19.9. The Morgan fingerprint density at radius 3 is 2.83 bits per heavy atom. The zero-order valence-electron chi connectivity index (χ0n) is 16.2. The Labute approximate surface area is 169 Å². The number of morpholine rings is 1. The summed E-state index contributed by atoms with van der Waals surface area (Å²) in [6.07, 6.45) is 5.06. The van der Waals surface area contributed by atoms with Gasteiger partial charge in [-0.3, -0.25) is 10.4 Å². The molecule has 1 N–H and O–H groups in total. The van der Waals surface area contributed by atoms with E-state index in [9.17, 15) is 0 Å². The van der Waals surface area contributed by atoms with Gasteiger partial charge >= 0.3 is 6.01 Å². The molecule has 0 saturated carbocycles. The van der Waals surface area contributed by atoms with Crippen molar-refractivity contribution in [1.82, 2.24) is 15.0 Å². The number of nitrogens with one attached hydrogen (secondary N) is 1. The molecule has 29 heavy (non-hydrogen) atoms. The molecule has 1 aliphatic heterocycles. The maximum Gasteiger partial charge on any atom is 0.326 e. The lowest BCUT2D eigenvalue weighted by Crippen LogP contribution is -2.36. The minimum absolute atomic E-state index is 0.232. The molecule has 0 bridgehead atoms. The normalized spacial score (nSPS) is 14.2. The molecular weight excluding hydrogens is 368 g/mol. The van der Waals surface area contributed by atoms with Gasteiger partial charge in [-0.15, -0.1) is 0 Å². The molecule has 3 aromatic rings. The van der Waals surface area contributed by atoms with Gasteiger partial charge in [-0.05, 0) is 24.6 Å². The van der Waals surface area contributed by atoms with Gasteiger partial charge in [0, 0.05) is 25.4 Å². The molecule has 8 nitrogen and oxygen atoms in total. The van der Waals surface area contributed by atoms with Crippen LogP contribution in [-0.2, 0) is 4.74 Å². The van der Waals surface area contributed by atoms with E-state index in [1.165, 1.54) is 5.56 Å². The molecule has 1 aliphatic rings. The van der Waals surface area contributed by atoms with Gasteiger partial charge in [-0.25, -0.2) is 0 Å². The minimum atomic E-state index is 0.232. The van der Waals surface area contributed by atoms with Crippen molar-refractivity contribution in [3.8, 4) is 11.8 Å². The molecule has 2 aromatic heterocycles. The first kappa shape index (κ1) is 18.8. The largest absolute Gasteiger partial charge is 0.423 e. The first-order valence-electron chi connectivity index (χ1n) is 9.42. The first-order valence-corrected chi connectivity index (χ1v) is 9.42. The van der Waals surface area contributed by atoms with Crippen molar-refractivity contribution in [2.24, 2.45) is 5.10 Å². The number of pyridine rings is 1. The maximum atomic E-state index is 5.80. The standard InChI is InChI=1S/C21H22N6O2/c1-16-4-2-5-17(12-16)14-23-26-19-13-20(27-8-10-28-11-9-27)25-21(24-19)29-18-6-3-7-22-15-18/h2-7,12-15H,8-11H2,1H3,(H,24,25,26). The summed E-state index contributed by atoms with van der Waals surface area (Å²) in [4.78, 5) is 15.2. The van der Waals surface area contributed by atoms with Crippen LogP contribution in [0.2, 0.25) is 0 Å². The number of aromatic nitrogens is 3. The van der Waals surface area contributed by atoms with Crippen LogP contribution in [0, 0.1) is 6.92 Å². The average Bonchev–Trinajstić information content (AvgIpc) is 2.75. The third kappa shape index (κ3) is 5.26. The molecule has 0 aliphatic carbocycles. The van der Waals surface area contributed by atoms with E-state index >= 15 is 0 Å². The number of anilines is 2. The van der Waals surface area contributed by atoms with Crippen LogP contribution in [0.5, 0.6) is 11.8 Å². The lowest BCUT2D eigenvalue weighted by Gasteiger charge is -2.28. The van der Waals surface area contributed by atoms with Crippen LogP contribution >= 0.6 is 0 Å². The molecule has 0 radical (unpaired) electrons. The Morgan fingerprint density at radius 1 is 1.14 bits per heavy atom. The molecule has 0 atom stereocenters. The van der Waals surface area contributed by atoms with Gasteiger partial charge in [0.15, 0.2) is 5.82 Å². The number of benzene rings is 1. The van der Waals surface area contributed by atoms with E-state index in [4.69, 9.17) is 9.47 Å². The van der Waals surface area contributed by atoms with E-state index in [1.807, 2.05) is 31.2 Å². The second kappa shape index (κ2) is 9.11. The van der Waals surface area contributed by atoms with Crippen LogP contribution in [0.4, 0.5) is 11.6 Å². The Hall–Kier alpha value is -3.52. The first-order chi connectivity index (χ1) is 14.3. The van der Waals surface area contributed by atoms with Crippen LogP contribution in [-0.4, -0.2) is 47.5 Å². The number of ether oxygens (including phenoxy) is 2. The highest BCUT2D eigenvalue weighted by molar-refractivity contribution is 5.80. The van der Waals surface area contributed by atoms with Crippen molar-refractivity contribution >= 4 is 17.9 Å². The molecule has 148 valence electrons. The summed E-state index contributed by atoms with van der Waals surface area (Å²) in [6.45, 7) is 4.89. The molecule has 4 rings (SSSR count). The van der Waals surface area contributed by atoms with Crippen LogP contribution in [0.25, 0.3) is 0 Å². The van der Waals surface area contributed by atoms with Gasteiger partial charge in [0.05, 0.1) is 25.6 Å². The molecule has 0 amide bonds. The van der Waals surface area contributed by atoms with Crippen molar-refractivity contribution in [3.63, 3.8) is 0 Å². The average molecular weight is 390 g/mol. The molecule has 0 spiro atoms. The van der Waals surface area contributed by atoms with Crippen LogP contribution in [0.3, 0.4) is 0 Å². The van der Waals surface area contributed by atoms with Gasteiger partial charge in [-0.2, -0.15) is 15.1 Å². The van der Waals surface area contributed by atoms with E-state index in [0.29, 0.717) is 24.8 Å². The van der Waals surface area contributed by atoms with Crippen molar-refractivity contribution in [1.29, 1.82) is 0 Å². The van der Waals surface area contributed by atoms with Crippen LogP contribution in [0.1, 0.15) is 11.1 Å². The quantitative estimate of drug-likeness (QED) is 0.511. The van der Waals surface area contributed by atoms with Crippen molar-refractivity contribution in [2.45, 2.75) is 6.92 Å². The van der Waals surface area contributed by atoms with Crippen LogP contribution in [0.15, 0.2) is 60.0 Å². The summed E-state index contributed by atoms with van der Waals surface area (Å²) in [5.74, 6) is 1.88. The highest BCUT2D eigenvalue weighted by Gasteiger charge is 2.16. The molecule has 8 heteroatoms. The van der Waals surface area contributed by atoms with Crippen molar-refractivity contribution < 1.29 is 9.47 Å². The van der Waals surface area contributed by atoms with E-state index in [0.717, 1.165) is 24.5 Å². The third-order valence-electron chi connectivity index (χ3n) is 4.31. The zero-order valence-corrected chi connectivity index (χ0v) is 16.2. The van der Waals surface area contributed by atoms with Gasteiger partial charge in [0.1, 0.15) is 11.6 Å².